The molecule has 0 saturated carbocycles. The molecule has 0 aliphatic rings. The summed E-state index contributed by atoms with van der Waals surface area (Å²) in [5.74, 6) is -0.251. The van der Waals surface area contributed by atoms with Crippen LogP contribution in [0.15, 0.2) is 30.6 Å². The molecule has 0 atom stereocenters. The van der Waals surface area contributed by atoms with Gasteiger partial charge in [-0.2, -0.15) is 0 Å². The summed E-state index contributed by atoms with van der Waals surface area (Å²) < 4.78 is 4.70. The first-order chi connectivity index (χ1) is 12.0. The van der Waals surface area contributed by atoms with Crippen LogP contribution in [-0.2, 0) is 4.74 Å². The summed E-state index contributed by atoms with van der Waals surface area (Å²) in [5.41, 5.74) is 1.11. The number of hydrogen-bond donors (Lipinski definition) is 1. The van der Waals surface area contributed by atoms with Crippen molar-refractivity contribution in [2.75, 3.05) is 25.5 Å². The number of ether oxygens (including phenoxy) is 1. The summed E-state index contributed by atoms with van der Waals surface area (Å²) in [6, 6.07) is 6.25. The first-order valence-corrected chi connectivity index (χ1v) is 8.14. The maximum Gasteiger partial charge on any atom is 0.337 e. The molecule has 2 aromatic rings. The van der Waals surface area contributed by atoms with Crippen molar-refractivity contribution in [3.05, 3.63) is 46.9 Å². The molecule has 1 N–H and O–H groups in total. The van der Waals surface area contributed by atoms with Crippen molar-refractivity contribution < 1.29 is 14.3 Å². The highest BCUT2D eigenvalue weighted by molar-refractivity contribution is 6.33. The summed E-state index contributed by atoms with van der Waals surface area (Å²) in [7, 11) is 1.31. The Bertz CT molecular complexity index is 778. The standard InChI is InChI=1S/C17H19ClN4O3/c1-4-22(5-2)16(23)14-9-15(20-10-19-14)21-13-8-11(17(24)25-3)6-7-12(13)18/h6-10H,4-5H2,1-3H3,(H,19,20,21). The molecule has 0 aliphatic heterocycles. The van der Waals surface area contributed by atoms with Gasteiger partial charge in [0, 0.05) is 19.2 Å². The topological polar surface area (TPSA) is 84.4 Å². The number of aromatic nitrogens is 2. The van der Waals surface area contributed by atoms with Gasteiger partial charge in [-0.3, -0.25) is 4.79 Å². The van der Waals surface area contributed by atoms with Gasteiger partial charge in [0.15, 0.2) is 0 Å². The Balaban J connectivity index is 2.28. The molecule has 2 rings (SSSR count). The van der Waals surface area contributed by atoms with E-state index in [1.807, 2.05) is 13.8 Å². The molecule has 1 aromatic carbocycles. The van der Waals surface area contributed by atoms with Crippen molar-refractivity contribution in [1.82, 2.24) is 14.9 Å². The van der Waals surface area contributed by atoms with E-state index in [0.717, 1.165) is 0 Å². The van der Waals surface area contributed by atoms with Crippen LogP contribution >= 0.6 is 11.6 Å². The Morgan fingerprint density at radius 1 is 1.20 bits per heavy atom. The van der Waals surface area contributed by atoms with Crippen LogP contribution in [0.2, 0.25) is 5.02 Å². The molecule has 0 aliphatic carbocycles. The zero-order valence-electron chi connectivity index (χ0n) is 14.2. The van der Waals surface area contributed by atoms with Crippen LogP contribution in [-0.4, -0.2) is 46.9 Å². The lowest BCUT2D eigenvalue weighted by atomic mass is 10.2. The zero-order valence-corrected chi connectivity index (χ0v) is 15.0. The van der Waals surface area contributed by atoms with Crippen molar-refractivity contribution >= 4 is 35.0 Å². The Morgan fingerprint density at radius 3 is 2.56 bits per heavy atom. The van der Waals surface area contributed by atoms with Crippen LogP contribution in [0.25, 0.3) is 0 Å². The number of benzene rings is 1. The molecule has 7 nitrogen and oxygen atoms in total. The van der Waals surface area contributed by atoms with Gasteiger partial charge in [0.2, 0.25) is 0 Å². The summed E-state index contributed by atoms with van der Waals surface area (Å²) in [6.45, 7) is 4.99. The predicted molar refractivity (Wildman–Crippen MR) is 95.4 cm³/mol. The summed E-state index contributed by atoms with van der Waals surface area (Å²) in [4.78, 5) is 33.8. The van der Waals surface area contributed by atoms with Gasteiger partial charge in [-0.25, -0.2) is 14.8 Å². The average molecular weight is 363 g/mol. The van der Waals surface area contributed by atoms with Gasteiger partial charge in [-0.1, -0.05) is 11.6 Å². The van der Waals surface area contributed by atoms with E-state index >= 15 is 0 Å². The van der Waals surface area contributed by atoms with Crippen LogP contribution in [0.1, 0.15) is 34.7 Å². The minimum atomic E-state index is -0.472. The Morgan fingerprint density at radius 2 is 1.92 bits per heavy atom. The van der Waals surface area contributed by atoms with Gasteiger partial charge in [-0.15, -0.1) is 0 Å². The number of carbonyl (C=O) groups excluding carboxylic acids is 2. The van der Waals surface area contributed by atoms with E-state index < -0.39 is 5.97 Å². The fourth-order valence-electron chi connectivity index (χ4n) is 2.22. The third kappa shape index (κ3) is 4.45. The van der Waals surface area contributed by atoms with Crippen LogP contribution in [0.5, 0.6) is 0 Å². The monoisotopic (exact) mass is 362 g/mol. The van der Waals surface area contributed by atoms with E-state index in [1.54, 1.807) is 29.2 Å². The highest BCUT2D eigenvalue weighted by atomic mass is 35.5. The summed E-state index contributed by atoms with van der Waals surface area (Å²) in [5, 5.41) is 3.41. The Kier molecular flexibility index (Phi) is 6.30. The Labute approximate surface area is 151 Å². The molecule has 0 fully saturated rings. The van der Waals surface area contributed by atoms with E-state index in [1.165, 1.54) is 13.4 Å². The molecule has 1 amide bonds. The number of halogens is 1. The van der Waals surface area contributed by atoms with Crippen LogP contribution in [0, 0.1) is 0 Å². The molecule has 25 heavy (non-hydrogen) atoms. The first kappa shape index (κ1) is 18.7. The van der Waals surface area contributed by atoms with Gasteiger partial charge < -0.3 is 15.0 Å². The van der Waals surface area contributed by atoms with Crippen molar-refractivity contribution in [2.45, 2.75) is 13.8 Å². The van der Waals surface area contributed by atoms with Gasteiger partial charge in [-0.05, 0) is 32.0 Å². The lowest BCUT2D eigenvalue weighted by Crippen LogP contribution is -2.31. The number of rotatable bonds is 6. The highest BCUT2D eigenvalue weighted by Crippen LogP contribution is 2.26. The Hall–Kier alpha value is -2.67. The molecule has 8 heteroatoms. The van der Waals surface area contributed by atoms with Gasteiger partial charge in [0.25, 0.3) is 5.91 Å². The largest absolute Gasteiger partial charge is 0.465 e. The lowest BCUT2D eigenvalue weighted by Gasteiger charge is -2.18. The van der Waals surface area contributed by atoms with E-state index in [9.17, 15) is 9.59 Å². The third-order valence-corrected chi connectivity index (χ3v) is 3.92. The fourth-order valence-corrected chi connectivity index (χ4v) is 2.38. The summed E-state index contributed by atoms with van der Waals surface area (Å²) in [6.07, 6.45) is 1.30. The molecule has 1 aromatic heterocycles. The van der Waals surface area contributed by atoms with E-state index in [0.29, 0.717) is 35.2 Å². The molecule has 0 radical (unpaired) electrons. The molecule has 132 valence electrons. The number of amides is 1. The third-order valence-electron chi connectivity index (χ3n) is 3.59. The molecule has 0 saturated heterocycles. The number of nitrogens with zero attached hydrogens (tertiary/aromatic N) is 3. The predicted octanol–water partition coefficient (Wildman–Crippen LogP) is 3.14. The molecular formula is C17H19ClN4O3. The molecule has 0 spiro atoms. The number of anilines is 2. The van der Waals surface area contributed by atoms with Crippen molar-refractivity contribution in [3.63, 3.8) is 0 Å². The highest BCUT2D eigenvalue weighted by Gasteiger charge is 2.15. The van der Waals surface area contributed by atoms with E-state index in [2.05, 4.69) is 15.3 Å². The maximum atomic E-state index is 12.4. The van der Waals surface area contributed by atoms with Crippen LogP contribution in [0.3, 0.4) is 0 Å². The molecule has 1 heterocycles. The number of nitrogens with one attached hydrogen (secondary N) is 1. The number of hydrogen-bond acceptors (Lipinski definition) is 6. The SMILES string of the molecule is CCN(CC)C(=O)c1cc(Nc2cc(C(=O)OC)ccc2Cl)ncn1. The van der Waals surface area contributed by atoms with Crippen molar-refractivity contribution in [3.8, 4) is 0 Å². The van der Waals surface area contributed by atoms with Crippen LogP contribution in [0.4, 0.5) is 11.5 Å². The zero-order chi connectivity index (χ0) is 18.4. The van der Waals surface area contributed by atoms with Gasteiger partial charge >= 0.3 is 5.97 Å². The number of esters is 1. The number of carbonyl (C=O) groups is 2. The minimum absolute atomic E-state index is 0.176. The fraction of sp³-hybridized carbons (Fsp3) is 0.294. The van der Waals surface area contributed by atoms with Gasteiger partial charge in [0.1, 0.15) is 17.8 Å². The smallest absolute Gasteiger partial charge is 0.337 e. The average Bonchev–Trinajstić information content (AvgIpc) is 2.64. The second kappa shape index (κ2) is 8.43. The second-order valence-corrected chi connectivity index (χ2v) is 5.48. The van der Waals surface area contributed by atoms with Crippen molar-refractivity contribution in [2.24, 2.45) is 0 Å². The second-order valence-electron chi connectivity index (χ2n) is 5.08. The summed E-state index contributed by atoms with van der Waals surface area (Å²) >= 11 is 6.16. The quantitative estimate of drug-likeness (QED) is 0.795. The van der Waals surface area contributed by atoms with Gasteiger partial charge in [0.05, 0.1) is 23.4 Å². The molecule has 0 bridgehead atoms. The molecule has 0 unspecified atom stereocenters. The molecular weight excluding hydrogens is 344 g/mol. The minimum Gasteiger partial charge on any atom is -0.465 e. The maximum absolute atomic E-state index is 12.4. The normalized spacial score (nSPS) is 10.2. The lowest BCUT2D eigenvalue weighted by molar-refractivity contribution is 0.0600. The number of methoxy groups -OCH3 is 1. The van der Waals surface area contributed by atoms with E-state index in [-0.39, 0.29) is 11.6 Å². The van der Waals surface area contributed by atoms with Crippen molar-refractivity contribution in [1.29, 1.82) is 0 Å². The van der Waals surface area contributed by atoms with Crippen LogP contribution < -0.4 is 5.32 Å². The van der Waals surface area contributed by atoms with E-state index in [4.69, 9.17) is 16.3 Å². The first-order valence-electron chi connectivity index (χ1n) is 7.76.